The minimum absolute atomic E-state index is 0.106. The highest BCUT2D eigenvalue weighted by atomic mass is 79.9. The molecule has 1 heterocycles. The Balaban J connectivity index is 2.03. The van der Waals surface area contributed by atoms with Crippen molar-refractivity contribution in [2.24, 2.45) is 0 Å². The van der Waals surface area contributed by atoms with Gasteiger partial charge >= 0.3 is 5.97 Å². The van der Waals surface area contributed by atoms with E-state index in [9.17, 15) is 14.0 Å². The standard InChI is InChI=1S/C16H12BrFN2O3S/c17-14-7-6-13(24-14)16(22)23-10-15(21)20(9-1-8-19)12-4-2-11(18)3-5-12/h2-7H,1,9-10H2. The number of ether oxygens (including phenoxy) is 1. The predicted octanol–water partition coefficient (Wildman–Crippen LogP) is 3.75. The van der Waals surface area contributed by atoms with Gasteiger partial charge in [0.1, 0.15) is 10.7 Å². The van der Waals surface area contributed by atoms with Crippen molar-refractivity contribution in [3.63, 3.8) is 0 Å². The zero-order chi connectivity index (χ0) is 17.5. The van der Waals surface area contributed by atoms with E-state index in [2.05, 4.69) is 15.9 Å². The summed E-state index contributed by atoms with van der Waals surface area (Å²) in [5.74, 6) is -1.51. The fourth-order valence-corrected chi connectivity index (χ4v) is 3.16. The van der Waals surface area contributed by atoms with Crippen LogP contribution < -0.4 is 4.90 Å². The van der Waals surface area contributed by atoms with Crippen LogP contribution in [0.15, 0.2) is 40.2 Å². The van der Waals surface area contributed by atoms with Gasteiger partial charge in [0.15, 0.2) is 6.61 Å². The summed E-state index contributed by atoms with van der Waals surface area (Å²) in [4.78, 5) is 25.9. The predicted molar refractivity (Wildman–Crippen MR) is 91.3 cm³/mol. The van der Waals surface area contributed by atoms with E-state index in [4.69, 9.17) is 10.00 Å². The summed E-state index contributed by atoms with van der Waals surface area (Å²) < 4.78 is 18.8. The summed E-state index contributed by atoms with van der Waals surface area (Å²) >= 11 is 4.44. The number of esters is 1. The van der Waals surface area contributed by atoms with Gasteiger partial charge in [-0.25, -0.2) is 9.18 Å². The fraction of sp³-hybridized carbons (Fsp3) is 0.188. The molecule has 124 valence electrons. The summed E-state index contributed by atoms with van der Waals surface area (Å²) in [5, 5.41) is 8.72. The molecular formula is C16H12BrFN2O3S. The van der Waals surface area contributed by atoms with Crippen LogP contribution in [0.1, 0.15) is 16.1 Å². The molecule has 1 aromatic heterocycles. The van der Waals surface area contributed by atoms with Gasteiger partial charge in [-0.2, -0.15) is 5.26 Å². The maximum Gasteiger partial charge on any atom is 0.348 e. The molecule has 0 spiro atoms. The van der Waals surface area contributed by atoms with Crippen LogP contribution in [0.4, 0.5) is 10.1 Å². The average molecular weight is 411 g/mol. The zero-order valence-corrected chi connectivity index (χ0v) is 14.8. The van der Waals surface area contributed by atoms with Crippen molar-refractivity contribution in [1.29, 1.82) is 5.26 Å². The van der Waals surface area contributed by atoms with Crippen LogP contribution in [0.5, 0.6) is 0 Å². The van der Waals surface area contributed by atoms with Gasteiger partial charge in [0.2, 0.25) is 0 Å². The van der Waals surface area contributed by atoms with Gasteiger partial charge in [0, 0.05) is 12.2 Å². The topological polar surface area (TPSA) is 70.4 Å². The number of rotatable bonds is 6. The van der Waals surface area contributed by atoms with Crippen molar-refractivity contribution in [3.05, 3.63) is 50.9 Å². The Bertz CT molecular complexity index is 770. The third-order valence-corrected chi connectivity index (χ3v) is 4.59. The molecule has 0 saturated heterocycles. The van der Waals surface area contributed by atoms with E-state index in [1.807, 2.05) is 6.07 Å². The molecule has 0 N–H and O–H groups in total. The van der Waals surface area contributed by atoms with Crippen molar-refractivity contribution >= 4 is 44.8 Å². The Kier molecular flexibility index (Phi) is 6.46. The third-order valence-electron chi connectivity index (χ3n) is 2.99. The molecule has 1 aromatic carbocycles. The first kappa shape index (κ1) is 18.1. The number of carbonyl (C=O) groups excluding carboxylic acids is 2. The van der Waals surface area contributed by atoms with Crippen LogP contribution in [0.3, 0.4) is 0 Å². The van der Waals surface area contributed by atoms with E-state index >= 15 is 0 Å². The lowest BCUT2D eigenvalue weighted by molar-refractivity contribution is -0.121. The second kappa shape index (κ2) is 8.57. The summed E-state index contributed by atoms with van der Waals surface area (Å²) in [6, 6.07) is 10.6. The van der Waals surface area contributed by atoms with Gasteiger partial charge in [-0.15, -0.1) is 11.3 Å². The molecule has 8 heteroatoms. The fourth-order valence-electron chi connectivity index (χ4n) is 1.88. The van der Waals surface area contributed by atoms with E-state index in [0.717, 1.165) is 3.79 Å². The van der Waals surface area contributed by atoms with Gasteiger partial charge in [0.25, 0.3) is 5.91 Å². The molecule has 0 atom stereocenters. The Morgan fingerprint density at radius 3 is 2.54 bits per heavy atom. The monoisotopic (exact) mass is 410 g/mol. The number of hydrogen-bond acceptors (Lipinski definition) is 5. The van der Waals surface area contributed by atoms with E-state index in [1.54, 1.807) is 12.1 Å². The van der Waals surface area contributed by atoms with Gasteiger partial charge in [-0.1, -0.05) is 0 Å². The molecule has 0 aliphatic heterocycles. The highest BCUT2D eigenvalue weighted by molar-refractivity contribution is 9.11. The molecule has 0 aliphatic carbocycles. The highest BCUT2D eigenvalue weighted by Crippen LogP contribution is 2.23. The number of carbonyl (C=O) groups is 2. The molecule has 24 heavy (non-hydrogen) atoms. The van der Waals surface area contributed by atoms with E-state index < -0.39 is 24.3 Å². The molecule has 0 radical (unpaired) electrons. The Morgan fingerprint density at radius 2 is 1.96 bits per heavy atom. The molecule has 0 fully saturated rings. The second-order valence-corrected chi connectivity index (χ2v) is 7.07. The van der Waals surface area contributed by atoms with Gasteiger partial charge in [0.05, 0.1) is 16.3 Å². The normalized spacial score (nSPS) is 10.0. The number of nitriles is 1. The average Bonchev–Trinajstić information content (AvgIpc) is 3.01. The SMILES string of the molecule is N#CCCN(C(=O)COC(=O)c1ccc(Br)s1)c1ccc(F)cc1. The van der Waals surface area contributed by atoms with Crippen molar-refractivity contribution in [1.82, 2.24) is 0 Å². The van der Waals surface area contributed by atoms with E-state index in [0.29, 0.717) is 10.6 Å². The molecule has 1 amide bonds. The molecule has 0 saturated carbocycles. The summed E-state index contributed by atoms with van der Waals surface area (Å²) in [7, 11) is 0. The number of anilines is 1. The largest absolute Gasteiger partial charge is 0.451 e. The molecule has 0 aliphatic rings. The number of amides is 1. The van der Waals surface area contributed by atoms with Crippen molar-refractivity contribution < 1.29 is 18.7 Å². The van der Waals surface area contributed by atoms with Crippen LogP contribution in [-0.2, 0) is 9.53 Å². The first-order valence-corrected chi connectivity index (χ1v) is 8.47. The van der Waals surface area contributed by atoms with Crippen molar-refractivity contribution in [3.8, 4) is 6.07 Å². The Morgan fingerprint density at radius 1 is 1.25 bits per heavy atom. The third kappa shape index (κ3) is 4.88. The number of halogens is 2. The van der Waals surface area contributed by atoms with Crippen LogP contribution in [0.25, 0.3) is 0 Å². The van der Waals surface area contributed by atoms with Gasteiger partial charge in [-0.3, -0.25) is 4.79 Å². The number of nitrogens with zero attached hydrogens (tertiary/aromatic N) is 2. The van der Waals surface area contributed by atoms with Gasteiger partial charge < -0.3 is 9.64 Å². The highest BCUT2D eigenvalue weighted by Gasteiger charge is 2.19. The van der Waals surface area contributed by atoms with Crippen molar-refractivity contribution in [2.45, 2.75) is 6.42 Å². The maximum absolute atomic E-state index is 13.0. The Labute approximate surface area is 150 Å². The number of thiophene rings is 1. The zero-order valence-electron chi connectivity index (χ0n) is 12.4. The summed E-state index contributed by atoms with van der Waals surface area (Å²) in [5.41, 5.74) is 0.437. The number of benzene rings is 1. The minimum atomic E-state index is -0.599. The summed E-state index contributed by atoms with van der Waals surface area (Å²) in [6.07, 6.45) is 0.106. The molecule has 0 unspecified atom stereocenters. The van der Waals surface area contributed by atoms with Crippen molar-refractivity contribution in [2.75, 3.05) is 18.1 Å². The minimum Gasteiger partial charge on any atom is -0.451 e. The lowest BCUT2D eigenvalue weighted by Gasteiger charge is -2.21. The first-order chi connectivity index (χ1) is 11.5. The lowest BCUT2D eigenvalue weighted by atomic mass is 10.2. The molecule has 2 aromatic rings. The second-order valence-electron chi connectivity index (χ2n) is 4.61. The Hall–Kier alpha value is -2.24. The molecule has 0 bridgehead atoms. The lowest BCUT2D eigenvalue weighted by Crippen LogP contribution is -2.35. The van der Waals surface area contributed by atoms with Gasteiger partial charge in [-0.05, 0) is 52.3 Å². The smallest absolute Gasteiger partial charge is 0.348 e. The quantitative estimate of drug-likeness (QED) is 0.679. The van der Waals surface area contributed by atoms with Crippen LogP contribution in [0, 0.1) is 17.1 Å². The summed E-state index contributed by atoms with van der Waals surface area (Å²) in [6.45, 7) is -0.333. The van der Waals surface area contributed by atoms with Crippen LogP contribution in [-0.4, -0.2) is 25.0 Å². The maximum atomic E-state index is 13.0. The van der Waals surface area contributed by atoms with E-state index in [-0.39, 0.29) is 13.0 Å². The first-order valence-electron chi connectivity index (χ1n) is 6.86. The van der Waals surface area contributed by atoms with Crippen LogP contribution >= 0.6 is 27.3 Å². The molecule has 5 nitrogen and oxygen atoms in total. The molecule has 2 rings (SSSR count). The molecular weight excluding hydrogens is 399 g/mol. The van der Waals surface area contributed by atoms with E-state index in [1.165, 1.54) is 40.5 Å². The van der Waals surface area contributed by atoms with Crippen LogP contribution in [0.2, 0.25) is 0 Å². The number of hydrogen-bond donors (Lipinski definition) is 0.